The van der Waals surface area contributed by atoms with Crippen molar-refractivity contribution in [1.29, 1.82) is 0 Å². The Morgan fingerprint density at radius 2 is 2.00 bits per heavy atom. The summed E-state index contributed by atoms with van der Waals surface area (Å²) in [6.07, 6.45) is 4.48. The molecule has 1 heterocycles. The van der Waals surface area contributed by atoms with Gasteiger partial charge in [-0.25, -0.2) is 4.39 Å². The average molecular weight is 312 g/mol. The van der Waals surface area contributed by atoms with E-state index < -0.39 is 0 Å². The summed E-state index contributed by atoms with van der Waals surface area (Å²) in [4.78, 5) is 8.66. The van der Waals surface area contributed by atoms with Gasteiger partial charge in [-0.2, -0.15) is 0 Å². The van der Waals surface area contributed by atoms with Gasteiger partial charge in [-0.15, -0.1) is 0 Å². The molecular weight excluding hydrogens is 291 g/mol. The second-order valence-corrected chi connectivity index (χ2v) is 5.96. The van der Waals surface area contributed by atoms with Gasteiger partial charge < -0.3 is 11.1 Å². The first kappa shape index (κ1) is 15.5. The van der Waals surface area contributed by atoms with E-state index >= 15 is 0 Å². The molecule has 3 rings (SSSR count). The molecule has 0 bridgehead atoms. The third-order valence-electron chi connectivity index (χ3n) is 4.26. The van der Waals surface area contributed by atoms with E-state index in [-0.39, 0.29) is 11.2 Å². The number of rotatable bonds is 6. The van der Waals surface area contributed by atoms with Crippen LogP contribution in [0.4, 0.5) is 4.39 Å². The molecule has 0 unspecified atom stereocenters. The lowest BCUT2D eigenvalue weighted by molar-refractivity contribution is 0.573. The molecule has 0 aliphatic heterocycles. The number of guanidine groups is 1. The molecule has 1 aromatic heterocycles. The Labute approximate surface area is 135 Å². The molecule has 0 radical (unpaired) electrons. The van der Waals surface area contributed by atoms with Gasteiger partial charge in [0.25, 0.3) is 0 Å². The quantitative estimate of drug-likeness (QED) is 0.636. The predicted molar refractivity (Wildman–Crippen MR) is 89.7 cm³/mol. The molecule has 1 aliphatic carbocycles. The van der Waals surface area contributed by atoms with Crippen LogP contribution >= 0.6 is 0 Å². The molecule has 1 saturated carbocycles. The number of nitrogens with zero attached hydrogens (tertiary/aromatic N) is 2. The molecule has 2 aromatic rings. The van der Waals surface area contributed by atoms with Crippen LogP contribution in [0.25, 0.3) is 0 Å². The van der Waals surface area contributed by atoms with Crippen molar-refractivity contribution >= 4 is 5.96 Å². The lowest BCUT2D eigenvalue weighted by atomic mass is 9.95. The average Bonchev–Trinajstić information content (AvgIpc) is 3.35. The lowest BCUT2D eigenvalue weighted by Gasteiger charge is -2.14. The lowest BCUT2D eigenvalue weighted by Crippen LogP contribution is -2.34. The molecule has 1 aliphatic rings. The van der Waals surface area contributed by atoms with E-state index in [1.165, 1.54) is 6.07 Å². The molecule has 23 heavy (non-hydrogen) atoms. The summed E-state index contributed by atoms with van der Waals surface area (Å²) in [5, 5.41) is 3.09. The molecule has 120 valence electrons. The Morgan fingerprint density at radius 3 is 2.70 bits per heavy atom. The molecular formula is C18H21FN4. The standard InChI is InChI=1S/C18H21FN4/c19-16-7-2-1-6-15(16)18(9-10-18)13-23-17(20)22-12-8-14-5-3-4-11-21-14/h1-7,11H,8-10,12-13H2,(H3,20,22,23). The second kappa shape index (κ2) is 6.77. The predicted octanol–water partition coefficient (Wildman–Crippen LogP) is 2.40. The van der Waals surface area contributed by atoms with Crippen LogP contribution in [0.2, 0.25) is 0 Å². The van der Waals surface area contributed by atoms with E-state index in [2.05, 4.69) is 15.3 Å². The highest BCUT2D eigenvalue weighted by molar-refractivity contribution is 5.77. The fourth-order valence-electron chi connectivity index (χ4n) is 2.71. The van der Waals surface area contributed by atoms with E-state index in [9.17, 15) is 4.39 Å². The van der Waals surface area contributed by atoms with Crippen molar-refractivity contribution in [2.24, 2.45) is 10.7 Å². The van der Waals surface area contributed by atoms with Crippen LogP contribution in [0, 0.1) is 5.82 Å². The number of aliphatic imine (C=N–C) groups is 1. The summed E-state index contributed by atoms with van der Waals surface area (Å²) in [7, 11) is 0. The first-order valence-corrected chi connectivity index (χ1v) is 7.88. The number of hydrogen-bond acceptors (Lipinski definition) is 2. The van der Waals surface area contributed by atoms with Gasteiger partial charge in [0, 0.05) is 30.3 Å². The van der Waals surface area contributed by atoms with E-state index in [4.69, 9.17) is 5.73 Å². The molecule has 1 aromatic carbocycles. The Kier molecular flexibility index (Phi) is 4.55. The maximum atomic E-state index is 13.9. The fraction of sp³-hybridized carbons (Fsp3) is 0.333. The van der Waals surface area contributed by atoms with Gasteiger partial charge in [0.05, 0.1) is 6.54 Å². The van der Waals surface area contributed by atoms with Crippen molar-refractivity contribution in [1.82, 2.24) is 10.3 Å². The Balaban J connectivity index is 1.52. The van der Waals surface area contributed by atoms with Crippen molar-refractivity contribution in [3.63, 3.8) is 0 Å². The summed E-state index contributed by atoms with van der Waals surface area (Å²) >= 11 is 0. The van der Waals surface area contributed by atoms with Crippen molar-refractivity contribution in [3.05, 3.63) is 65.7 Å². The smallest absolute Gasteiger partial charge is 0.188 e. The van der Waals surface area contributed by atoms with Gasteiger partial charge in [-0.1, -0.05) is 24.3 Å². The third kappa shape index (κ3) is 3.86. The minimum absolute atomic E-state index is 0.151. The number of pyridine rings is 1. The largest absolute Gasteiger partial charge is 0.370 e. The van der Waals surface area contributed by atoms with Gasteiger partial charge in [0.2, 0.25) is 0 Å². The molecule has 4 nitrogen and oxygen atoms in total. The molecule has 0 amide bonds. The minimum atomic E-state index is -0.168. The number of aromatic nitrogens is 1. The highest BCUT2D eigenvalue weighted by Crippen LogP contribution is 2.49. The second-order valence-electron chi connectivity index (χ2n) is 5.96. The van der Waals surface area contributed by atoms with Crippen LogP contribution in [-0.2, 0) is 11.8 Å². The summed E-state index contributed by atoms with van der Waals surface area (Å²) in [5.74, 6) is 0.255. The SMILES string of the molecule is NC(=NCC1(c2ccccc2F)CC1)NCCc1ccccn1. The van der Waals surface area contributed by atoms with Crippen LogP contribution in [0.15, 0.2) is 53.7 Å². The Hall–Kier alpha value is -2.43. The number of benzene rings is 1. The van der Waals surface area contributed by atoms with Crippen molar-refractivity contribution in [2.45, 2.75) is 24.7 Å². The van der Waals surface area contributed by atoms with Gasteiger partial charge in [0.15, 0.2) is 5.96 Å². The molecule has 0 atom stereocenters. The highest BCUT2D eigenvalue weighted by atomic mass is 19.1. The van der Waals surface area contributed by atoms with E-state index in [0.717, 1.165) is 30.5 Å². The molecule has 0 saturated heterocycles. The Bertz CT molecular complexity index is 680. The van der Waals surface area contributed by atoms with Crippen LogP contribution in [0.3, 0.4) is 0 Å². The first-order valence-electron chi connectivity index (χ1n) is 7.88. The van der Waals surface area contributed by atoms with E-state index in [0.29, 0.717) is 19.0 Å². The van der Waals surface area contributed by atoms with Crippen LogP contribution in [0.1, 0.15) is 24.1 Å². The maximum absolute atomic E-state index is 13.9. The summed E-state index contributed by atoms with van der Waals surface area (Å²) < 4.78 is 13.9. The van der Waals surface area contributed by atoms with Gasteiger partial charge in [-0.3, -0.25) is 9.98 Å². The molecule has 3 N–H and O–H groups in total. The van der Waals surface area contributed by atoms with Crippen molar-refractivity contribution in [3.8, 4) is 0 Å². The first-order chi connectivity index (χ1) is 11.2. The van der Waals surface area contributed by atoms with Gasteiger partial charge in [0.1, 0.15) is 5.82 Å². The number of halogens is 1. The van der Waals surface area contributed by atoms with Crippen molar-refractivity contribution < 1.29 is 4.39 Å². The van der Waals surface area contributed by atoms with Crippen molar-refractivity contribution in [2.75, 3.05) is 13.1 Å². The van der Waals surface area contributed by atoms with Crippen LogP contribution < -0.4 is 11.1 Å². The molecule has 5 heteroatoms. The van der Waals surface area contributed by atoms with Gasteiger partial charge >= 0.3 is 0 Å². The maximum Gasteiger partial charge on any atom is 0.188 e. The molecule has 0 spiro atoms. The fourth-order valence-corrected chi connectivity index (χ4v) is 2.71. The third-order valence-corrected chi connectivity index (χ3v) is 4.26. The van der Waals surface area contributed by atoms with E-state index in [1.54, 1.807) is 12.3 Å². The number of nitrogens with two attached hydrogens (primary N) is 1. The van der Waals surface area contributed by atoms with Gasteiger partial charge in [-0.05, 0) is 36.6 Å². The highest BCUT2D eigenvalue weighted by Gasteiger charge is 2.45. The Morgan fingerprint density at radius 1 is 1.22 bits per heavy atom. The molecule has 1 fully saturated rings. The summed E-state index contributed by atoms with van der Waals surface area (Å²) in [6, 6.07) is 12.8. The van der Waals surface area contributed by atoms with Crippen LogP contribution in [-0.4, -0.2) is 24.0 Å². The topological polar surface area (TPSA) is 63.3 Å². The zero-order valence-corrected chi connectivity index (χ0v) is 13.0. The van der Waals surface area contributed by atoms with Crippen LogP contribution in [0.5, 0.6) is 0 Å². The normalized spacial score (nSPS) is 16.1. The minimum Gasteiger partial charge on any atom is -0.370 e. The zero-order chi connectivity index (χ0) is 16.1. The summed E-state index contributed by atoms with van der Waals surface area (Å²) in [6.45, 7) is 1.20. The monoisotopic (exact) mass is 312 g/mol. The summed E-state index contributed by atoms with van der Waals surface area (Å²) in [5.41, 5.74) is 7.51. The number of nitrogens with one attached hydrogen (secondary N) is 1. The zero-order valence-electron chi connectivity index (χ0n) is 13.0. The number of hydrogen-bond donors (Lipinski definition) is 2. The van der Waals surface area contributed by atoms with E-state index in [1.807, 2.05) is 30.3 Å².